The number of benzene rings is 1. The molecule has 0 aromatic heterocycles. The molecule has 1 saturated carbocycles. The van der Waals surface area contributed by atoms with Crippen LogP contribution >= 0.6 is 23.2 Å². The van der Waals surface area contributed by atoms with E-state index < -0.39 is 0 Å². The molecule has 1 aliphatic rings. The molecule has 0 aliphatic heterocycles. The molecule has 5 heteroatoms. The minimum atomic E-state index is 0.273. The fourth-order valence-electron chi connectivity index (χ4n) is 2.62. The molecule has 0 amide bonds. The van der Waals surface area contributed by atoms with Gasteiger partial charge in [-0.1, -0.05) is 29.6 Å². The van der Waals surface area contributed by atoms with E-state index in [4.69, 9.17) is 32.7 Å². The van der Waals surface area contributed by atoms with Crippen LogP contribution in [0.5, 0.6) is 5.75 Å². The Labute approximate surface area is 136 Å². The Morgan fingerprint density at radius 3 is 2.67 bits per heavy atom. The first kappa shape index (κ1) is 16.9. The summed E-state index contributed by atoms with van der Waals surface area (Å²) in [7, 11) is 1.69. The molecule has 0 spiro atoms. The fourth-order valence-corrected chi connectivity index (χ4v) is 3.20. The highest BCUT2D eigenvalue weighted by atomic mass is 35.5. The first-order valence-electron chi connectivity index (χ1n) is 7.55. The third kappa shape index (κ3) is 5.33. The van der Waals surface area contributed by atoms with Gasteiger partial charge in [-0.05, 0) is 37.8 Å². The Morgan fingerprint density at radius 1 is 1.19 bits per heavy atom. The normalized spacial score (nSPS) is 16.1. The maximum atomic E-state index is 6.33. The van der Waals surface area contributed by atoms with E-state index in [1.165, 1.54) is 19.3 Å². The van der Waals surface area contributed by atoms with Crippen LogP contribution < -0.4 is 10.1 Å². The largest absolute Gasteiger partial charge is 0.489 e. The average Bonchev–Trinajstić information content (AvgIpc) is 2.48. The first-order chi connectivity index (χ1) is 10.2. The van der Waals surface area contributed by atoms with Crippen molar-refractivity contribution in [3.63, 3.8) is 0 Å². The summed E-state index contributed by atoms with van der Waals surface area (Å²) in [4.78, 5) is 0. The summed E-state index contributed by atoms with van der Waals surface area (Å²) >= 11 is 12.4. The van der Waals surface area contributed by atoms with E-state index in [2.05, 4.69) is 5.32 Å². The predicted octanol–water partition coefficient (Wildman–Crippen LogP) is 4.44. The van der Waals surface area contributed by atoms with Crippen LogP contribution in [-0.4, -0.2) is 26.4 Å². The Balaban J connectivity index is 2.05. The third-order valence-electron chi connectivity index (χ3n) is 3.72. The van der Waals surface area contributed by atoms with Gasteiger partial charge in [0.15, 0.2) is 0 Å². The van der Waals surface area contributed by atoms with Crippen molar-refractivity contribution >= 4 is 23.2 Å². The summed E-state index contributed by atoms with van der Waals surface area (Å²) < 4.78 is 11.2. The minimum Gasteiger partial charge on any atom is -0.489 e. The van der Waals surface area contributed by atoms with E-state index in [-0.39, 0.29) is 6.10 Å². The molecule has 3 nitrogen and oxygen atoms in total. The second kappa shape index (κ2) is 8.84. The van der Waals surface area contributed by atoms with E-state index in [1.807, 2.05) is 6.07 Å². The maximum Gasteiger partial charge on any atom is 0.142 e. The van der Waals surface area contributed by atoms with Crippen LogP contribution in [0.15, 0.2) is 12.1 Å². The van der Waals surface area contributed by atoms with Crippen LogP contribution in [0.25, 0.3) is 0 Å². The Hall–Kier alpha value is -0.480. The lowest BCUT2D eigenvalue weighted by atomic mass is 9.97. The van der Waals surface area contributed by atoms with Crippen LogP contribution in [0.2, 0.25) is 10.0 Å². The molecule has 1 aromatic rings. The monoisotopic (exact) mass is 331 g/mol. The number of ether oxygens (including phenoxy) is 2. The van der Waals surface area contributed by atoms with Crippen molar-refractivity contribution in [2.45, 2.75) is 44.8 Å². The van der Waals surface area contributed by atoms with Crippen molar-refractivity contribution in [3.8, 4) is 5.75 Å². The lowest BCUT2D eigenvalue weighted by molar-refractivity contribution is 0.153. The van der Waals surface area contributed by atoms with Crippen LogP contribution in [0.4, 0.5) is 0 Å². The number of rotatable bonds is 7. The molecule has 118 valence electrons. The zero-order valence-electron chi connectivity index (χ0n) is 12.5. The summed E-state index contributed by atoms with van der Waals surface area (Å²) in [6, 6.07) is 3.67. The highest BCUT2D eigenvalue weighted by molar-refractivity contribution is 6.35. The standard InChI is InChI=1S/C16H23Cl2NO2/c1-20-8-7-19-11-12-9-13(17)10-15(18)16(12)21-14-5-3-2-4-6-14/h9-10,14,19H,2-8,11H2,1H3. The number of halogens is 2. The van der Waals surface area contributed by atoms with Crippen LogP contribution in [0, 0.1) is 0 Å². The molecule has 1 aliphatic carbocycles. The zero-order valence-corrected chi connectivity index (χ0v) is 14.0. The molecule has 0 atom stereocenters. The van der Waals surface area contributed by atoms with Gasteiger partial charge in [-0.15, -0.1) is 0 Å². The van der Waals surface area contributed by atoms with Gasteiger partial charge in [-0.2, -0.15) is 0 Å². The molecule has 0 radical (unpaired) electrons. The molecule has 2 rings (SSSR count). The lowest BCUT2D eigenvalue weighted by Crippen LogP contribution is -2.22. The summed E-state index contributed by atoms with van der Waals surface area (Å²) in [5, 5.41) is 4.54. The van der Waals surface area contributed by atoms with Gasteiger partial charge in [0.05, 0.1) is 17.7 Å². The molecular weight excluding hydrogens is 309 g/mol. The molecule has 0 bridgehead atoms. The van der Waals surface area contributed by atoms with Crippen molar-refractivity contribution in [2.24, 2.45) is 0 Å². The SMILES string of the molecule is COCCNCc1cc(Cl)cc(Cl)c1OC1CCCCC1. The minimum absolute atomic E-state index is 0.273. The van der Waals surface area contributed by atoms with Gasteiger partial charge >= 0.3 is 0 Å². The van der Waals surface area contributed by atoms with E-state index in [0.29, 0.717) is 23.2 Å². The Morgan fingerprint density at radius 2 is 1.95 bits per heavy atom. The smallest absolute Gasteiger partial charge is 0.142 e. The van der Waals surface area contributed by atoms with Gasteiger partial charge in [-0.3, -0.25) is 0 Å². The van der Waals surface area contributed by atoms with E-state index >= 15 is 0 Å². The van der Waals surface area contributed by atoms with Crippen molar-refractivity contribution < 1.29 is 9.47 Å². The topological polar surface area (TPSA) is 30.5 Å². The lowest BCUT2D eigenvalue weighted by Gasteiger charge is -2.25. The zero-order chi connectivity index (χ0) is 15.1. The second-order valence-corrected chi connectivity index (χ2v) is 6.27. The quantitative estimate of drug-likeness (QED) is 0.749. The summed E-state index contributed by atoms with van der Waals surface area (Å²) in [6.45, 7) is 2.13. The fraction of sp³-hybridized carbons (Fsp3) is 0.625. The van der Waals surface area contributed by atoms with Crippen molar-refractivity contribution in [1.29, 1.82) is 0 Å². The molecule has 1 aromatic carbocycles. The van der Waals surface area contributed by atoms with Gasteiger partial charge in [0.1, 0.15) is 5.75 Å². The molecule has 21 heavy (non-hydrogen) atoms. The van der Waals surface area contributed by atoms with Crippen molar-refractivity contribution in [2.75, 3.05) is 20.3 Å². The maximum absolute atomic E-state index is 6.33. The van der Waals surface area contributed by atoms with Gasteiger partial charge in [0.2, 0.25) is 0 Å². The molecular formula is C16H23Cl2NO2. The highest BCUT2D eigenvalue weighted by Gasteiger charge is 2.19. The number of hydrogen-bond acceptors (Lipinski definition) is 3. The van der Waals surface area contributed by atoms with Crippen LogP contribution in [0.3, 0.4) is 0 Å². The average molecular weight is 332 g/mol. The number of methoxy groups -OCH3 is 1. The predicted molar refractivity (Wildman–Crippen MR) is 87.5 cm³/mol. The van der Waals surface area contributed by atoms with Crippen LogP contribution in [0.1, 0.15) is 37.7 Å². The summed E-state index contributed by atoms with van der Waals surface area (Å²) in [6.07, 6.45) is 6.26. The number of hydrogen-bond donors (Lipinski definition) is 1. The van der Waals surface area contributed by atoms with E-state index in [9.17, 15) is 0 Å². The first-order valence-corrected chi connectivity index (χ1v) is 8.30. The van der Waals surface area contributed by atoms with Crippen LogP contribution in [-0.2, 0) is 11.3 Å². The van der Waals surface area contributed by atoms with Crippen molar-refractivity contribution in [3.05, 3.63) is 27.7 Å². The Kier molecular flexibility index (Phi) is 7.11. The molecule has 0 heterocycles. The third-order valence-corrected chi connectivity index (χ3v) is 4.22. The number of nitrogens with one attached hydrogen (secondary N) is 1. The van der Waals surface area contributed by atoms with E-state index in [0.717, 1.165) is 30.7 Å². The highest BCUT2D eigenvalue weighted by Crippen LogP contribution is 2.35. The van der Waals surface area contributed by atoms with E-state index in [1.54, 1.807) is 13.2 Å². The summed E-state index contributed by atoms with van der Waals surface area (Å²) in [5.74, 6) is 0.776. The van der Waals surface area contributed by atoms with Gasteiger partial charge in [-0.25, -0.2) is 0 Å². The molecule has 0 unspecified atom stereocenters. The summed E-state index contributed by atoms with van der Waals surface area (Å²) in [5.41, 5.74) is 1.01. The van der Waals surface area contributed by atoms with Gasteiger partial charge in [0.25, 0.3) is 0 Å². The molecule has 1 fully saturated rings. The van der Waals surface area contributed by atoms with Gasteiger partial charge in [0, 0.05) is 30.8 Å². The molecule has 1 N–H and O–H groups in total. The molecule has 0 saturated heterocycles. The van der Waals surface area contributed by atoms with Crippen molar-refractivity contribution in [1.82, 2.24) is 5.32 Å². The second-order valence-electron chi connectivity index (χ2n) is 5.42. The Bertz CT molecular complexity index is 448. The van der Waals surface area contributed by atoms with Gasteiger partial charge < -0.3 is 14.8 Å².